The van der Waals surface area contributed by atoms with Gasteiger partial charge in [0.2, 0.25) is 0 Å². The van der Waals surface area contributed by atoms with Gasteiger partial charge in [-0.15, -0.1) is 0 Å². The summed E-state index contributed by atoms with van der Waals surface area (Å²) in [6, 6.07) is 1.90. The van der Waals surface area contributed by atoms with Gasteiger partial charge in [-0.2, -0.15) is 0 Å². The lowest BCUT2D eigenvalue weighted by atomic mass is 10.1. The molecule has 0 aromatic carbocycles. The van der Waals surface area contributed by atoms with Gasteiger partial charge in [-0.3, -0.25) is 0 Å². The molecule has 0 saturated carbocycles. The van der Waals surface area contributed by atoms with Crippen LogP contribution in [0, 0.1) is 5.92 Å². The number of likely N-dealkylation sites (tertiary alicyclic amines) is 1. The van der Waals surface area contributed by atoms with Gasteiger partial charge in [0.15, 0.2) is 5.82 Å². The summed E-state index contributed by atoms with van der Waals surface area (Å²) in [5.41, 5.74) is 6.71. The van der Waals surface area contributed by atoms with Crippen molar-refractivity contribution in [1.29, 1.82) is 0 Å². The highest BCUT2D eigenvalue weighted by Gasteiger charge is 2.21. The Balaban J connectivity index is 2.01. The minimum Gasteiger partial charge on any atom is -0.396 e. The zero-order valence-electron chi connectivity index (χ0n) is 10.4. The van der Waals surface area contributed by atoms with E-state index in [2.05, 4.69) is 44.8 Å². The molecular formula is C12H19BrN4. The molecular weight excluding hydrogens is 280 g/mol. The molecule has 0 aliphatic carbocycles. The van der Waals surface area contributed by atoms with Crippen LogP contribution in [0.1, 0.15) is 6.42 Å². The van der Waals surface area contributed by atoms with Gasteiger partial charge in [0, 0.05) is 30.8 Å². The van der Waals surface area contributed by atoms with Crippen LogP contribution < -0.4 is 10.6 Å². The van der Waals surface area contributed by atoms with Crippen molar-refractivity contribution in [2.45, 2.75) is 6.42 Å². The molecule has 1 atom stereocenters. The zero-order chi connectivity index (χ0) is 12.4. The normalized spacial score (nSPS) is 20.8. The van der Waals surface area contributed by atoms with Crippen molar-refractivity contribution in [3.63, 3.8) is 0 Å². The molecule has 0 amide bonds. The van der Waals surface area contributed by atoms with E-state index >= 15 is 0 Å². The Labute approximate surface area is 111 Å². The summed E-state index contributed by atoms with van der Waals surface area (Å²) in [4.78, 5) is 8.91. The number of nitrogens with zero attached hydrogens (tertiary/aromatic N) is 3. The molecule has 0 spiro atoms. The second-order valence-electron chi connectivity index (χ2n) is 4.86. The number of pyridine rings is 1. The molecule has 1 aromatic rings. The summed E-state index contributed by atoms with van der Waals surface area (Å²) < 4.78 is 0.924. The van der Waals surface area contributed by atoms with Crippen molar-refractivity contribution >= 4 is 27.4 Å². The Morgan fingerprint density at radius 3 is 3.00 bits per heavy atom. The van der Waals surface area contributed by atoms with E-state index in [4.69, 9.17) is 5.73 Å². The van der Waals surface area contributed by atoms with E-state index in [1.807, 2.05) is 6.07 Å². The topological polar surface area (TPSA) is 45.4 Å². The highest BCUT2D eigenvalue weighted by atomic mass is 79.9. The standard InChI is InChI=1S/C12H19BrN4/c1-16-4-3-9(7-16)8-17(2)12-11(14)5-10(13)6-15-12/h5-6,9H,3-4,7-8,14H2,1-2H3. The highest BCUT2D eigenvalue weighted by Crippen LogP contribution is 2.24. The molecule has 5 heteroatoms. The molecule has 1 aliphatic heterocycles. The third-order valence-corrected chi connectivity index (χ3v) is 3.68. The molecule has 2 heterocycles. The summed E-state index contributed by atoms with van der Waals surface area (Å²) in [6.45, 7) is 3.38. The van der Waals surface area contributed by atoms with E-state index in [1.54, 1.807) is 6.20 Å². The Morgan fingerprint density at radius 2 is 2.41 bits per heavy atom. The first-order valence-electron chi connectivity index (χ1n) is 5.87. The summed E-state index contributed by atoms with van der Waals surface area (Å²) in [6.07, 6.45) is 3.06. The molecule has 0 bridgehead atoms. The van der Waals surface area contributed by atoms with Crippen molar-refractivity contribution < 1.29 is 0 Å². The molecule has 94 valence electrons. The number of hydrogen-bond donors (Lipinski definition) is 1. The zero-order valence-corrected chi connectivity index (χ0v) is 11.9. The Bertz CT molecular complexity index is 396. The van der Waals surface area contributed by atoms with Crippen molar-refractivity contribution in [3.05, 3.63) is 16.7 Å². The van der Waals surface area contributed by atoms with Crippen molar-refractivity contribution in [2.75, 3.05) is 44.4 Å². The van der Waals surface area contributed by atoms with Gasteiger partial charge in [-0.25, -0.2) is 4.98 Å². The third-order valence-electron chi connectivity index (χ3n) is 3.24. The van der Waals surface area contributed by atoms with Crippen LogP contribution in [0.5, 0.6) is 0 Å². The Hall–Kier alpha value is -0.810. The maximum atomic E-state index is 5.98. The number of aromatic nitrogens is 1. The lowest BCUT2D eigenvalue weighted by Crippen LogP contribution is -2.28. The predicted molar refractivity (Wildman–Crippen MR) is 75.2 cm³/mol. The second kappa shape index (κ2) is 5.23. The molecule has 1 saturated heterocycles. The van der Waals surface area contributed by atoms with E-state index in [9.17, 15) is 0 Å². The SMILES string of the molecule is CN1CCC(CN(C)c2ncc(Br)cc2N)C1. The highest BCUT2D eigenvalue weighted by molar-refractivity contribution is 9.10. The van der Waals surface area contributed by atoms with E-state index in [0.717, 1.165) is 28.4 Å². The number of nitrogen functional groups attached to an aromatic ring is 1. The van der Waals surface area contributed by atoms with Crippen LogP contribution >= 0.6 is 15.9 Å². The fraction of sp³-hybridized carbons (Fsp3) is 0.583. The van der Waals surface area contributed by atoms with E-state index < -0.39 is 0 Å². The van der Waals surface area contributed by atoms with Crippen LogP contribution in [-0.2, 0) is 0 Å². The van der Waals surface area contributed by atoms with Crippen LogP contribution in [0.3, 0.4) is 0 Å². The summed E-state index contributed by atoms with van der Waals surface area (Å²) in [5, 5.41) is 0. The first-order chi connectivity index (χ1) is 8.06. The number of anilines is 2. The molecule has 2 N–H and O–H groups in total. The Kier molecular flexibility index (Phi) is 3.89. The molecule has 17 heavy (non-hydrogen) atoms. The minimum atomic E-state index is 0.717. The summed E-state index contributed by atoms with van der Waals surface area (Å²) in [7, 11) is 4.23. The number of rotatable bonds is 3. The third kappa shape index (κ3) is 3.10. The second-order valence-corrected chi connectivity index (χ2v) is 5.78. The first kappa shape index (κ1) is 12.6. The first-order valence-corrected chi connectivity index (χ1v) is 6.66. The number of nitrogens with two attached hydrogens (primary N) is 1. The van der Waals surface area contributed by atoms with Gasteiger partial charge < -0.3 is 15.5 Å². The summed E-state index contributed by atoms with van der Waals surface area (Å²) in [5.74, 6) is 1.59. The summed E-state index contributed by atoms with van der Waals surface area (Å²) >= 11 is 3.37. The average Bonchev–Trinajstić information content (AvgIpc) is 2.63. The van der Waals surface area contributed by atoms with Crippen molar-refractivity contribution in [1.82, 2.24) is 9.88 Å². The van der Waals surface area contributed by atoms with Gasteiger partial charge in [0.1, 0.15) is 0 Å². The quantitative estimate of drug-likeness (QED) is 0.924. The Morgan fingerprint density at radius 1 is 1.65 bits per heavy atom. The average molecular weight is 299 g/mol. The van der Waals surface area contributed by atoms with Crippen molar-refractivity contribution in [3.8, 4) is 0 Å². The van der Waals surface area contributed by atoms with E-state index in [-0.39, 0.29) is 0 Å². The number of halogens is 1. The molecule has 1 unspecified atom stereocenters. The fourth-order valence-electron chi connectivity index (χ4n) is 2.42. The smallest absolute Gasteiger partial charge is 0.151 e. The van der Waals surface area contributed by atoms with E-state index in [0.29, 0.717) is 0 Å². The van der Waals surface area contributed by atoms with Crippen LogP contribution in [0.25, 0.3) is 0 Å². The van der Waals surface area contributed by atoms with Gasteiger partial charge in [0.05, 0.1) is 5.69 Å². The predicted octanol–water partition coefficient (Wildman–Crippen LogP) is 1.81. The fourth-order valence-corrected chi connectivity index (χ4v) is 2.76. The van der Waals surface area contributed by atoms with Crippen LogP contribution in [0.4, 0.5) is 11.5 Å². The van der Waals surface area contributed by atoms with Crippen LogP contribution in [0.15, 0.2) is 16.7 Å². The van der Waals surface area contributed by atoms with Gasteiger partial charge in [-0.05, 0) is 47.9 Å². The van der Waals surface area contributed by atoms with Gasteiger partial charge in [0.25, 0.3) is 0 Å². The maximum Gasteiger partial charge on any atom is 0.151 e. The van der Waals surface area contributed by atoms with E-state index in [1.165, 1.54) is 19.5 Å². The minimum absolute atomic E-state index is 0.717. The van der Waals surface area contributed by atoms with Gasteiger partial charge in [-0.1, -0.05) is 0 Å². The number of hydrogen-bond acceptors (Lipinski definition) is 4. The lowest BCUT2D eigenvalue weighted by Gasteiger charge is -2.23. The molecule has 1 fully saturated rings. The van der Waals surface area contributed by atoms with Crippen LogP contribution in [-0.4, -0.2) is 43.6 Å². The molecule has 1 aromatic heterocycles. The maximum absolute atomic E-state index is 5.98. The van der Waals surface area contributed by atoms with Crippen molar-refractivity contribution in [2.24, 2.45) is 5.92 Å². The molecule has 2 rings (SSSR count). The lowest BCUT2D eigenvalue weighted by molar-refractivity contribution is 0.395. The molecule has 4 nitrogen and oxygen atoms in total. The largest absolute Gasteiger partial charge is 0.396 e. The van der Waals surface area contributed by atoms with Gasteiger partial charge >= 0.3 is 0 Å². The van der Waals surface area contributed by atoms with Crippen LogP contribution in [0.2, 0.25) is 0 Å². The monoisotopic (exact) mass is 298 g/mol. The molecule has 0 radical (unpaired) electrons. The molecule has 1 aliphatic rings.